The van der Waals surface area contributed by atoms with E-state index < -0.39 is 18.1 Å². The Labute approximate surface area is 120 Å². The predicted molar refractivity (Wildman–Crippen MR) is 75.0 cm³/mol. The summed E-state index contributed by atoms with van der Waals surface area (Å²) in [6.07, 6.45) is 2.33. The molecule has 1 aliphatic rings. The fourth-order valence-corrected chi connectivity index (χ4v) is 2.12. The quantitative estimate of drug-likeness (QED) is 0.668. The fourth-order valence-electron chi connectivity index (χ4n) is 2.12. The van der Waals surface area contributed by atoms with E-state index in [1.165, 1.54) is 0 Å². The van der Waals surface area contributed by atoms with E-state index in [1.807, 2.05) is 13.8 Å². The van der Waals surface area contributed by atoms with E-state index in [4.69, 9.17) is 15.2 Å². The minimum Gasteiger partial charge on any atom is -0.464 e. The van der Waals surface area contributed by atoms with Gasteiger partial charge in [0.1, 0.15) is 6.04 Å². The van der Waals surface area contributed by atoms with Crippen LogP contribution in [0.4, 0.5) is 0 Å². The summed E-state index contributed by atoms with van der Waals surface area (Å²) in [4.78, 5) is 23.9. The van der Waals surface area contributed by atoms with Gasteiger partial charge in [-0.25, -0.2) is 4.79 Å². The minimum atomic E-state index is -0.685. The summed E-state index contributed by atoms with van der Waals surface area (Å²) in [6.45, 7) is 6.46. The maximum absolute atomic E-state index is 12.0. The Balaban J connectivity index is 2.61. The number of amides is 1. The Morgan fingerprint density at radius 1 is 1.45 bits per heavy atom. The van der Waals surface area contributed by atoms with E-state index in [2.05, 4.69) is 5.32 Å². The lowest BCUT2D eigenvalue weighted by atomic mass is 10.0. The molecule has 0 bridgehead atoms. The Morgan fingerprint density at radius 3 is 2.65 bits per heavy atom. The summed E-state index contributed by atoms with van der Waals surface area (Å²) in [6, 6.07) is -1.31. The number of esters is 1. The number of ether oxygens (including phenoxy) is 2. The van der Waals surface area contributed by atoms with Gasteiger partial charge in [0.2, 0.25) is 5.91 Å². The van der Waals surface area contributed by atoms with Crippen molar-refractivity contribution in [3.63, 3.8) is 0 Å². The first-order valence-electron chi connectivity index (χ1n) is 7.29. The molecule has 1 aliphatic heterocycles. The van der Waals surface area contributed by atoms with Crippen LogP contribution in [0, 0.1) is 5.92 Å². The van der Waals surface area contributed by atoms with Crippen molar-refractivity contribution in [3.8, 4) is 0 Å². The molecular weight excluding hydrogens is 260 g/mol. The van der Waals surface area contributed by atoms with Gasteiger partial charge in [-0.3, -0.25) is 4.79 Å². The van der Waals surface area contributed by atoms with Gasteiger partial charge in [-0.1, -0.05) is 13.8 Å². The highest BCUT2D eigenvalue weighted by atomic mass is 16.5. The monoisotopic (exact) mass is 286 g/mol. The van der Waals surface area contributed by atoms with Crippen LogP contribution in [0.5, 0.6) is 0 Å². The number of hydrogen-bond donors (Lipinski definition) is 2. The first-order valence-corrected chi connectivity index (χ1v) is 7.29. The lowest BCUT2D eigenvalue weighted by Gasteiger charge is -2.23. The van der Waals surface area contributed by atoms with Gasteiger partial charge in [-0.05, 0) is 25.7 Å². The van der Waals surface area contributed by atoms with Gasteiger partial charge in [0.25, 0.3) is 0 Å². The number of nitrogens with one attached hydrogen (secondary N) is 1. The summed E-state index contributed by atoms with van der Waals surface area (Å²) < 4.78 is 10.5. The molecular formula is C14H26N2O4. The topological polar surface area (TPSA) is 90.6 Å². The molecule has 1 rings (SSSR count). The highest BCUT2D eigenvalue weighted by Crippen LogP contribution is 2.17. The maximum Gasteiger partial charge on any atom is 0.328 e. The van der Waals surface area contributed by atoms with Crippen molar-refractivity contribution in [1.82, 2.24) is 5.32 Å². The summed E-state index contributed by atoms with van der Waals surface area (Å²) in [5, 5.41) is 2.69. The molecule has 6 heteroatoms. The molecule has 0 spiro atoms. The van der Waals surface area contributed by atoms with Crippen LogP contribution < -0.4 is 11.1 Å². The molecule has 3 atom stereocenters. The SMILES string of the molecule is CCOC(=O)C(CC1CCCO1)NC(=O)[C@@H](N)C(C)C. The molecule has 20 heavy (non-hydrogen) atoms. The summed E-state index contributed by atoms with van der Waals surface area (Å²) >= 11 is 0. The minimum absolute atomic E-state index is 0.0000180. The van der Waals surface area contributed by atoms with Crippen molar-refractivity contribution in [3.05, 3.63) is 0 Å². The Kier molecular flexibility index (Phi) is 6.95. The lowest BCUT2D eigenvalue weighted by Crippen LogP contribution is -2.51. The summed E-state index contributed by atoms with van der Waals surface area (Å²) in [7, 11) is 0. The third-order valence-corrected chi connectivity index (χ3v) is 3.43. The van der Waals surface area contributed by atoms with Crippen molar-refractivity contribution in [2.45, 2.75) is 58.2 Å². The van der Waals surface area contributed by atoms with Crippen LogP contribution in [0.3, 0.4) is 0 Å². The zero-order valence-electron chi connectivity index (χ0n) is 12.6. The normalized spacial score (nSPS) is 21.6. The van der Waals surface area contributed by atoms with E-state index in [0.29, 0.717) is 13.0 Å². The second-order valence-electron chi connectivity index (χ2n) is 5.45. The molecule has 0 saturated carbocycles. The number of carbonyl (C=O) groups is 2. The van der Waals surface area contributed by atoms with Gasteiger partial charge in [0.05, 0.1) is 18.8 Å². The van der Waals surface area contributed by atoms with Crippen LogP contribution in [-0.2, 0) is 19.1 Å². The molecule has 0 aromatic heterocycles. The van der Waals surface area contributed by atoms with Crippen LogP contribution in [0.25, 0.3) is 0 Å². The van der Waals surface area contributed by atoms with Crippen molar-refractivity contribution < 1.29 is 19.1 Å². The van der Waals surface area contributed by atoms with E-state index in [-0.39, 0.29) is 24.5 Å². The van der Waals surface area contributed by atoms with Gasteiger partial charge in [-0.2, -0.15) is 0 Å². The van der Waals surface area contributed by atoms with E-state index in [1.54, 1.807) is 6.92 Å². The standard InChI is InChI=1S/C14H26N2O4/c1-4-19-14(18)11(8-10-6-5-7-20-10)16-13(17)12(15)9(2)3/h9-12H,4-8,15H2,1-3H3,(H,16,17)/t10?,11?,12-/m0/s1. The number of nitrogens with two attached hydrogens (primary N) is 1. The van der Waals surface area contributed by atoms with Crippen molar-refractivity contribution in [2.75, 3.05) is 13.2 Å². The third-order valence-electron chi connectivity index (χ3n) is 3.43. The van der Waals surface area contributed by atoms with Crippen molar-refractivity contribution in [1.29, 1.82) is 0 Å². The molecule has 1 amide bonds. The van der Waals surface area contributed by atoms with Crippen LogP contribution in [0.2, 0.25) is 0 Å². The molecule has 1 heterocycles. The molecule has 0 aliphatic carbocycles. The van der Waals surface area contributed by atoms with Crippen molar-refractivity contribution in [2.24, 2.45) is 11.7 Å². The van der Waals surface area contributed by atoms with Crippen LogP contribution in [-0.4, -0.2) is 43.3 Å². The zero-order valence-corrected chi connectivity index (χ0v) is 12.6. The molecule has 1 saturated heterocycles. The lowest BCUT2D eigenvalue weighted by molar-refractivity contribution is -0.148. The smallest absolute Gasteiger partial charge is 0.328 e. The highest BCUT2D eigenvalue weighted by Gasteiger charge is 2.30. The van der Waals surface area contributed by atoms with Gasteiger partial charge >= 0.3 is 5.97 Å². The average molecular weight is 286 g/mol. The van der Waals surface area contributed by atoms with Crippen LogP contribution >= 0.6 is 0 Å². The molecule has 116 valence electrons. The Hall–Kier alpha value is -1.14. The molecule has 2 unspecified atom stereocenters. The largest absolute Gasteiger partial charge is 0.464 e. The molecule has 3 N–H and O–H groups in total. The first-order chi connectivity index (χ1) is 9.45. The predicted octanol–water partition coefficient (Wildman–Crippen LogP) is 0.587. The third kappa shape index (κ3) is 5.09. The van der Waals surface area contributed by atoms with Gasteiger partial charge in [-0.15, -0.1) is 0 Å². The number of rotatable bonds is 7. The Bertz CT molecular complexity index is 327. The Morgan fingerprint density at radius 2 is 2.15 bits per heavy atom. The number of carbonyl (C=O) groups excluding carboxylic acids is 2. The first kappa shape index (κ1) is 16.9. The molecule has 1 fully saturated rings. The highest BCUT2D eigenvalue weighted by molar-refractivity contribution is 5.87. The second kappa shape index (κ2) is 8.21. The molecule has 0 aromatic rings. The zero-order chi connectivity index (χ0) is 15.1. The second-order valence-corrected chi connectivity index (χ2v) is 5.45. The number of hydrogen-bond acceptors (Lipinski definition) is 5. The van der Waals surface area contributed by atoms with E-state index in [0.717, 1.165) is 12.8 Å². The molecule has 0 radical (unpaired) electrons. The van der Waals surface area contributed by atoms with E-state index >= 15 is 0 Å². The maximum atomic E-state index is 12.0. The molecule has 6 nitrogen and oxygen atoms in total. The van der Waals surface area contributed by atoms with Gasteiger partial charge < -0.3 is 20.5 Å². The van der Waals surface area contributed by atoms with Crippen molar-refractivity contribution >= 4 is 11.9 Å². The van der Waals surface area contributed by atoms with Crippen LogP contribution in [0.15, 0.2) is 0 Å². The van der Waals surface area contributed by atoms with Gasteiger partial charge in [0, 0.05) is 13.0 Å². The summed E-state index contributed by atoms with van der Waals surface area (Å²) in [5.74, 6) is -0.732. The molecule has 0 aromatic carbocycles. The van der Waals surface area contributed by atoms with E-state index in [9.17, 15) is 9.59 Å². The van der Waals surface area contributed by atoms with Crippen LogP contribution in [0.1, 0.15) is 40.0 Å². The average Bonchev–Trinajstić information content (AvgIpc) is 2.90. The summed E-state index contributed by atoms with van der Waals surface area (Å²) in [5.41, 5.74) is 5.80. The van der Waals surface area contributed by atoms with Gasteiger partial charge in [0.15, 0.2) is 0 Å². The fraction of sp³-hybridized carbons (Fsp3) is 0.857.